The van der Waals surface area contributed by atoms with E-state index in [9.17, 15) is 10.1 Å². The predicted octanol–water partition coefficient (Wildman–Crippen LogP) is 2.88. The predicted molar refractivity (Wildman–Crippen MR) is 79.5 cm³/mol. The summed E-state index contributed by atoms with van der Waals surface area (Å²) in [4.78, 5) is 14.7. The van der Waals surface area contributed by atoms with Gasteiger partial charge in [0.2, 0.25) is 0 Å². The van der Waals surface area contributed by atoms with Gasteiger partial charge in [0.15, 0.2) is 5.16 Å². The van der Waals surface area contributed by atoms with Gasteiger partial charge in [0.1, 0.15) is 0 Å². The molecule has 0 atom stereocenters. The van der Waals surface area contributed by atoms with E-state index in [2.05, 4.69) is 20.9 Å². The molecule has 1 aromatic heterocycles. The summed E-state index contributed by atoms with van der Waals surface area (Å²) in [5.41, 5.74) is 1.61. The van der Waals surface area contributed by atoms with Gasteiger partial charge in [0.25, 0.3) is 5.69 Å². The monoisotopic (exact) mass is 357 g/mol. The summed E-state index contributed by atoms with van der Waals surface area (Å²) >= 11 is 4.73. The number of halogens is 1. The molecule has 0 unspecified atom stereocenters. The van der Waals surface area contributed by atoms with Crippen LogP contribution in [0.3, 0.4) is 0 Å². The normalized spacial score (nSPS) is 10.8. The smallest absolute Gasteiger partial charge is 0.283 e. The van der Waals surface area contributed by atoms with Crippen LogP contribution >= 0.6 is 27.7 Å². The van der Waals surface area contributed by atoms with Gasteiger partial charge in [-0.15, -0.1) is 0 Å². The van der Waals surface area contributed by atoms with Crippen molar-refractivity contribution in [1.29, 1.82) is 0 Å². The number of aromatic nitrogens is 2. The number of nitrogens with zero attached hydrogens (tertiary/aromatic N) is 3. The van der Waals surface area contributed by atoms with Gasteiger partial charge in [-0.05, 0) is 21.5 Å². The number of nitro benzene ring substituents is 1. The fourth-order valence-corrected chi connectivity index (χ4v) is 3.37. The van der Waals surface area contributed by atoms with Crippen LogP contribution in [0.25, 0.3) is 0 Å². The maximum absolute atomic E-state index is 10.9. The van der Waals surface area contributed by atoms with Crippen LogP contribution in [0.5, 0.6) is 0 Å². The molecule has 1 aromatic carbocycles. The van der Waals surface area contributed by atoms with Crippen LogP contribution in [0, 0.1) is 10.1 Å². The largest absolute Gasteiger partial charge is 0.390 e. The van der Waals surface area contributed by atoms with E-state index in [1.165, 1.54) is 17.8 Å². The van der Waals surface area contributed by atoms with Crippen LogP contribution in [0.1, 0.15) is 11.3 Å². The molecule has 0 radical (unpaired) electrons. The molecule has 0 amide bonds. The van der Waals surface area contributed by atoms with Gasteiger partial charge in [-0.3, -0.25) is 10.1 Å². The first-order chi connectivity index (χ1) is 9.54. The van der Waals surface area contributed by atoms with E-state index in [0.29, 0.717) is 10.2 Å². The van der Waals surface area contributed by atoms with E-state index in [-0.39, 0.29) is 12.3 Å². The fraction of sp³-hybridized carbons (Fsp3) is 0.250. The van der Waals surface area contributed by atoms with E-state index in [4.69, 9.17) is 5.11 Å². The lowest BCUT2D eigenvalue weighted by molar-refractivity contribution is -0.385. The van der Waals surface area contributed by atoms with E-state index < -0.39 is 4.92 Å². The Labute approximate surface area is 128 Å². The minimum atomic E-state index is -0.414. The summed E-state index contributed by atoms with van der Waals surface area (Å²) in [5.74, 6) is 0.554. The Morgan fingerprint density at radius 1 is 1.55 bits per heavy atom. The minimum Gasteiger partial charge on any atom is -0.390 e. The SMILES string of the molecule is Cn1c(CO)cnc1SCc1cccc([N+](=O)[O-])c1Br. The lowest BCUT2D eigenvalue weighted by Crippen LogP contribution is -1.98. The molecule has 1 heterocycles. The first-order valence-corrected chi connectivity index (χ1v) is 7.48. The molecule has 0 aliphatic rings. The number of nitro groups is 1. The summed E-state index contributed by atoms with van der Waals surface area (Å²) in [6, 6.07) is 4.96. The first-order valence-electron chi connectivity index (χ1n) is 5.70. The lowest BCUT2D eigenvalue weighted by atomic mass is 10.2. The highest BCUT2D eigenvalue weighted by Gasteiger charge is 2.15. The van der Waals surface area contributed by atoms with Gasteiger partial charge in [0.05, 0.1) is 27.9 Å². The Kier molecular flexibility index (Phi) is 4.79. The van der Waals surface area contributed by atoms with E-state index in [1.54, 1.807) is 16.8 Å². The number of hydrogen-bond donors (Lipinski definition) is 1. The Hall–Kier alpha value is -1.38. The van der Waals surface area contributed by atoms with Crippen molar-refractivity contribution in [3.8, 4) is 0 Å². The van der Waals surface area contributed by atoms with E-state index in [0.717, 1.165) is 16.4 Å². The highest BCUT2D eigenvalue weighted by atomic mass is 79.9. The minimum absolute atomic E-state index is 0.0546. The molecule has 0 saturated carbocycles. The zero-order chi connectivity index (χ0) is 14.7. The Balaban J connectivity index is 2.17. The Morgan fingerprint density at radius 2 is 2.30 bits per heavy atom. The third kappa shape index (κ3) is 3.02. The van der Waals surface area contributed by atoms with Crippen molar-refractivity contribution in [3.63, 3.8) is 0 Å². The van der Waals surface area contributed by atoms with Crippen LogP contribution in [0.15, 0.2) is 34.0 Å². The summed E-state index contributed by atoms with van der Waals surface area (Å²) in [6.07, 6.45) is 1.62. The number of rotatable bonds is 5. The average Bonchev–Trinajstić information content (AvgIpc) is 2.78. The van der Waals surface area contributed by atoms with Crippen LogP contribution in [-0.2, 0) is 19.4 Å². The molecule has 0 bridgehead atoms. The summed E-state index contributed by atoms with van der Waals surface area (Å²) in [7, 11) is 1.82. The van der Waals surface area contributed by atoms with E-state index in [1.807, 2.05) is 13.1 Å². The Morgan fingerprint density at radius 3 is 2.90 bits per heavy atom. The highest BCUT2D eigenvalue weighted by Crippen LogP contribution is 2.32. The zero-order valence-corrected chi connectivity index (χ0v) is 13.0. The van der Waals surface area contributed by atoms with Gasteiger partial charge in [-0.1, -0.05) is 23.9 Å². The second-order valence-corrected chi connectivity index (χ2v) is 5.78. The van der Waals surface area contributed by atoms with E-state index >= 15 is 0 Å². The Bertz CT molecular complexity index is 645. The van der Waals surface area contributed by atoms with Crippen molar-refractivity contribution < 1.29 is 10.0 Å². The van der Waals surface area contributed by atoms with Crippen molar-refractivity contribution in [2.45, 2.75) is 17.5 Å². The second-order valence-electron chi connectivity index (χ2n) is 4.05. The van der Waals surface area contributed by atoms with Crippen molar-refractivity contribution in [2.24, 2.45) is 7.05 Å². The van der Waals surface area contributed by atoms with Crippen molar-refractivity contribution in [1.82, 2.24) is 9.55 Å². The van der Waals surface area contributed by atoms with Crippen molar-refractivity contribution in [3.05, 3.63) is 50.2 Å². The number of thioether (sulfide) groups is 1. The van der Waals surface area contributed by atoms with Gasteiger partial charge in [-0.25, -0.2) is 4.98 Å². The molecule has 0 saturated heterocycles. The third-order valence-corrected chi connectivity index (χ3v) is 4.82. The molecule has 1 N–H and O–H groups in total. The third-order valence-electron chi connectivity index (χ3n) is 2.82. The molecule has 2 rings (SSSR count). The van der Waals surface area contributed by atoms with Crippen molar-refractivity contribution in [2.75, 3.05) is 0 Å². The fourth-order valence-electron chi connectivity index (χ4n) is 1.67. The highest BCUT2D eigenvalue weighted by molar-refractivity contribution is 9.10. The van der Waals surface area contributed by atoms with Crippen LogP contribution in [-0.4, -0.2) is 19.6 Å². The van der Waals surface area contributed by atoms with Crippen molar-refractivity contribution >= 4 is 33.4 Å². The zero-order valence-electron chi connectivity index (χ0n) is 10.6. The summed E-state index contributed by atoms with van der Waals surface area (Å²) in [6.45, 7) is -0.0649. The second kappa shape index (κ2) is 6.38. The van der Waals surface area contributed by atoms with Gasteiger partial charge < -0.3 is 9.67 Å². The first kappa shape index (κ1) is 15.0. The summed E-state index contributed by atoms with van der Waals surface area (Å²) < 4.78 is 2.30. The number of benzene rings is 1. The molecule has 0 aliphatic heterocycles. The number of aliphatic hydroxyl groups is 1. The maximum atomic E-state index is 10.9. The van der Waals surface area contributed by atoms with Crippen LogP contribution in [0.4, 0.5) is 5.69 Å². The average molecular weight is 358 g/mol. The van der Waals surface area contributed by atoms with Crippen LogP contribution in [0.2, 0.25) is 0 Å². The molecule has 20 heavy (non-hydrogen) atoms. The molecule has 0 spiro atoms. The molecule has 6 nitrogen and oxygen atoms in total. The van der Waals surface area contributed by atoms with Gasteiger partial charge >= 0.3 is 0 Å². The van der Waals surface area contributed by atoms with Gasteiger partial charge in [-0.2, -0.15) is 0 Å². The van der Waals surface area contributed by atoms with Crippen LogP contribution < -0.4 is 0 Å². The molecular formula is C12H12BrN3O3S. The molecule has 0 aliphatic carbocycles. The quantitative estimate of drug-likeness (QED) is 0.505. The number of hydrogen-bond acceptors (Lipinski definition) is 5. The molecule has 2 aromatic rings. The molecule has 106 valence electrons. The number of imidazole rings is 1. The summed E-state index contributed by atoms with van der Waals surface area (Å²) in [5, 5.41) is 20.7. The molecule has 0 fully saturated rings. The molecular weight excluding hydrogens is 346 g/mol. The molecule has 8 heteroatoms. The standard InChI is InChI=1S/C12H12BrN3O3S/c1-15-9(6-17)5-14-12(15)20-7-8-3-2-4-10(11(8)13)16(18)19/h2-5,17H,6-7H2,1H3. The number of aliphatic hydroxyl groups excluding tert-OH is 1. The lowest BCUT2D eigenvalue weighted by Gasteiger charge is -2.06. The van der Waals surface area contributed by atoms with Gasteiger partial charge in [0, 0.05) is 18.9 Å². The maximum Gasteiger partial charge on any atom is 0.283 e. The topological polar surface area (TPSA) is 81.2 Å².